The van der Waals surface area contributed by atoms with E-state index < -0.39 is 0 Å². The van der Waals surface area contributed by atoms with Crippen LogP contribution in [0.5, 0.6) is 0 Å². The van der Waals surface area contributed by atoms with Crippen LogP contribution in [0.4, 0.5) is 0 Å². The second-order valence-corrected chi connectivity index (χ2v) is 7.19. The minimum absolute atomic E-state index is 0. The Labute approximate surface area is 142 Å². The van der Waals surface area contributed by atoms with Crippen LogP contribution in [-0.4, -0.2) is 50.1 Å². The fourth-order valence-electron chi connectivity index (χ4n) is 3.85. The number of amides is 1. The van der Waals surface area contributed by atoms with E-state index in [1.807, 2.05) is 0 Å². The molecule has 1 saturated carbocycles. The molecule has 0 unspecified atom stereocenters. The molecular formula is C17H34ClN3O. The molecule has 1 heterocycles. The molecule has 22 heavy (non-hydrogen) atoms. The Balaban J connectivity index is 0.00000242. The first kappa shape index (κ1) is 19.7. The third-order valence-electron chi connectivity index (χ3n) is 5.59. The van der Waals surface area contributed by atoms with Crippen LogP contribution in [-0.2, 0) is 4.79 Å². The molecule has 0 atom stereocenters. The lowest BCUT2D eigenvalue weighted by molar-refractivity contribution is -0.122. The Morgan fingerprint density at radius 3 is 2.41 bits per heavy atom. The molecule has 0 bridgehead atoms. The van der Waals surface area contributed by atoms with Crippen molar-refractivity contribution in [3.05, 3.63) is 0 Å². The van der Waals surface area contributed by atoms with Gasteiger partial charge in [0.15, 0.2) is 0 Å². The normalized spacial score (nSPS) is 22.1. The van der Waals surface area contributed by atoms with E-state index in [-0.39, 0.29) is 23.9 Å². The summed E-state index contributed by atoms with van der Waals surface area (Å²) < 4.78 is 0. The van der Waals surface area contributed by atoms with Crippen molar-refractivity contribution in [2.45, 2.75) is 63.3 Å². The molecule has 2 fully saturated rings. The zero-order valence-corrected chi connectivity index (χ0v) is 15.1. The van der Waals surface area contributed by atoms with E-state index >= 15 is 0 Å². The molecule has 0 aromatic carbocycles. The number of halogens is 1. The number of carbonyl (C=O) groups excluding carboxylic acids is 1. The predicted octanol–water partition coefficient (Wildman–Crippen LogP) is 2.57. The molecule has 1 aliphatic carbocycles. The van der Waals surface area contributed by atoms with Crippen LogP contribution in [0.25, 0.3) is 0 Å². The fourth-order valence-corrected chi connectivity index (χ4v) is 3.85. The van der Waals surface area contributed by atoms with Gasteiger partial charge in [0.25, 0.3) is 0 Å². The Bertz CT molecular complexity index is 324. The van der Waals surface area contributed by atoms with Gasteiger partial charge in [-0.15, -0.1) is 12.4 Å². The van der Waals surface area contributed by atoms with Crippen molar-refractivity contribution in [1.82, 2.24) is 15.5 Å². The molecule has 0 radical (unpaired) electrons. The highest BCUT2D eigenvalue weighted by Crippen LogP contribution is 2.31. The zero-order valence-electron chi connectivity index (χ0n) is 14.3. The van der Waals surface area contributed by atoms with Gasteiger partial charge in [0, 0.05) is 18.5 Å². The van der Waals surface area contributed by atoms with Crippen LogP contribution in [0.2, 0.25) is 0 Å². The molecule has 0 aromatic heterocycles. The summed E-state index contributed by atoms with van der Waals surface area (Å²) in [6.07, 6.45) is 10.6. The van der Waals surface area contributed by atoms with E-state index in [1.165, 1.54) is 44.9 Å². The van der Waals surface area contributed by atoms with Crippen LogP contribution in [0.15, 0.2) is 0 Å². The minimum Gasteiger partial charge on any atom is -0.354 e. The second-order valence-electron chi connectivity index (χ2n) is 7.19. The van der Waals surface area contributed by atoms with E-state index in [2.05, 4.69) is 29.6 Å². The number of nitrogens with one attached hydrogen (secondary N) is 2. The van der Waals surface area contributed by atoms with Crippen LogP contribution in [0.3, 0.4) is 0 Å². The van der Waals surface area contributed by atoms with Gasteiger partial charge in [-0.25, -0.2) is 0 Å². The molecular weight excluding hydrogens is 298 g/mol. The number of nitrogens with zero attached hydrogens (tertiary/aromatic N) is 1. The van der Waals surface area contributed by atoms with Crippen molar-refractivity contribution < 1.29 is 4.79 Å². The Morgan fingerprint density at radius 1 is 1.18 bits per heavy atom. The molecule has 0 spiro atoms. The minimum atomic E-state index is 0. The summed E-state index contributed by atoms with van der Waals surface area (Å²) in [7, 11) is 4.32. The molecule has 130 valence electrons. The topological polar surface area (TPSA) is 44.4 Å². The number of hydrogen-bond donors (Lipinski definition) is 2. The summed E-state index contributed by atoms with van der Waals surface area (Å²) in [5, 5.41) is 6.60. The molecule has 0 aromatic rings. The second kappa shape index (κ2) is 9.74. The number of hydrogen-bond acceptors (Lipinski definition) is 3. The fraction of sp³-hybridized carbons (Fsp3) is 0.941. The molecule has 5 heteroatoms. The van der Waals surface area contributed by atoms with Crippen molar-refractivity contribution in [3.63, 3.8) is 0 Å². The lowest BCUT2D eigenvalue weighted by atomic mass is 9.80. The Kier molecular flexibility index (Phi) is 8.73. The first-order valence-electron chi connectivity index (χ1n) is 8.77. The van der Waals surface area contributed by atoms with Gasteiger partial charge >= 0.3 is 0 Å². The van der Waals surface area contributed by atoms with Crippen molar-refractivity contribution in [2.24, 2.45) is 5.92 Å². The van der Waals surface area contributed by atoms with E-state index in [4.69, 9.17) is 0 Å². The van der Waals surface area contributed by atoms with Crippen LogP contribution < -0.4 is 10.6 Å². The molecule has 1 saturated heterocycles. The van der Waals surface area contributed by atoms with Crippen molar-refractivity contribution in [3.8, 4) is 0 Å². The van der Waals surface area contributed by atoms with Gasteiger partial charge in [-0.2, -0.15) is 0 Å². The highest BCUT2D eigenvalue weighted by Gasteiger charge is 2.34. The van der Waals surface area contributed by atoms with Crippen molar-refractivity contribution in [2.75, 3.05) is 33.7 Å². The van der Waals surface area contributed by atoms with Gasteiger partial charge in [0.2, 0.25) is 5.91 Å². The van der Waals surface area contributed by atoms with Gasteiger partial charge < -0.3 is 15.5 Å². The largest absolute Gasteiger partial charge is 0.354 e. The van der Waals surface area contributed by atoms with Gasteiger partial charge in [-0.3, -0.25) is 4.79 Å². The Hall–Kier alpha value is -0.320. The maximum Gasteiger partial charge on any atom is 0.220 e. The smallest absolute Gasteiger partial charge is 0.220 e. The maximum absolute atomic E-state index is 12.1. The molecule has 2 aliphatic rings. The van der Waals surface area contributed by atoms with Crippen LogP contribution in [0.1, 0.15) is 57.8 Å². The first-order chi connectivity index (χ1) is 10.1. The van der Waals surface area contributed by atoms with Crippen LogP contribution >= 0.6 is 12.4 Å². The highest BCUT2D eigenvalue weighted by molar-refractivity contribution is 5.85. The molecule has 1 aliphatic heterocycles. The number of rotatable bonds is 6. The number of piperidine rings is 1. The van der Waals surface area contributed by atoms with Gasteiger partial charge in [0.05, 0.1) is 0 Å². The summed E-state index contributed by atoms with van der Waals surface area (Å²) in [6.45, 7) is 3.07. The average Bonchev–Trinajstić information content (AvgIpc) is 2.52. The summed E-state index contributed by atoms with van der Waals surface area (Å²) in [6, 6.07) is 0. The van der Waals surface area contributed by atoms with Gasteiger partial charge in [-0.05, 0) is 65.2 Å². The number of likely N-dealkylation sites (N-methyl/N-ethyl adjacent to an activating group) is 1. The van der Waals surface area contributed by atoms with E-state index in [0.29, 0.717) is 6.42 Å². The van der Waals surface area contributed by atoms with E-state index in [1.54, 1.807) is 0 Å². The number of carbonyl (C=O) groups is 1. The average molecular weight is 332 g/mol. The highest BCUT2D eigenvalue weighted by atomic mass is 35.5. The first-order valence-corrected chi connectivity index (χ1v) is 8.77. The molecule has 1 amide bonds. The van der Waals surface area contributed by atoms with Gasteiger partial charge in [0.1, 0.15) is 0 Å². The monoisotopic (exact) mass is 331 g/mol. The van der Waals surface area contributed by atoms with E-state index in [9.17, 15) is 4.79 Å². The molecule has 4 nitrogen and oxygen atoms in total. The Morgan fingerprint density at radius 2 is 1.82 bits per heavy atom. The lowest BCUT2D eigenvalue weighted by Gasteiger charge is -2.43. The van der Waals surface area contributed by atoms with E-state index in [0.717, 1.165) is 32.0 Å². The van der Waals surface area contributed by atoms with Gasteiger partial charge in [-0.1, -0.05) is 19.3 Å². The zero-order chi connectivity index (χ0) is 15.1. The summed E-state index contributed by atoms with van der Waals surface area (Å²) in [5.41, 5.74) is 0.197. The third-order valence-corrected chi connectivity index (χ3v) is 5.59. The molecule has 2 rings (SSSR count). The van der Waals surface area contributed by atoms with Crippen LogP contribution in [0, 0.1) is 5.92 Å². The molecule has 2 N–H and O–H groups in total. The summed E-state index contributed by atoms with van der Waals surface area (Å²) >= 11 is 0. The third kappa shape index (κ3) is 5.71. The van der Waals surface area contributed by atoms with Crippen molar-refractivity contribution in [1.29, 1.82) is 0 Å². The SMILES string of the molecule is CN(C)C1(CNC(=O)CCC2CCNCC2)CCCCC1.Cl. The lowest BCUT2D eigenvalue weighted by Crippen LogP contribution is -2.53. The summed E-state index contributed by atoms with van der Waals surface area (Å²) in [5.74, 6) is 0.995. The predicted molar refractivity (Wildman–Crippen MR) is 94.6 cm³/mol. The van der Waals surface area contributed by atoms with Crippen molar-refractivity contribution >= 4 is 18.3 Å². The quantitative estimate of drug-likeness (QED) is 0.786. The summed E-state index contributed by atoms with van der Waals surface area (Å²) in [4.78, 5) is 14.5. The maximum atomic E-state index is 12.1. The standard InChI is InChI=1S/C17H33N3O.ClH/c1-20(2)17(10-4-3-5-11-17)14-19-16(21)7-6-15-8-12-18-13-9-15;/h15,18H,3-14H2,1-2H3,(H,19,21);1H.